The van der Waals surface area contributed by atoms with Crippen LogP contribution in [0, 0.1) is 6.92 Å². The van der Waals surface area contributed by atoms with Gasteiger partial charge in [-0.05, 0) is 31.0 Å². The van der Waals surface area contributed by atoms with Crippen molar-refractivity contribution in [1.82, 2.24) is 25.2 Å². The van der Waals surface area contributed by atoms with Gasteiger partial charge in [-0.15, -0.1) is 0 Å². The molecule has 116 valence electrons. The molecule has 0 aliphatic carbocycles. The zero-order valence-corrected chi connectivity index (χ0v) is 12.9. The maximum atomic E-state index is 12.3. The smallest absolute Gasteiger partial charge is 0.318 e. The minimum atomic E-state index is -0.0684. The van der Waals surface area contributed by atoms with Crippen molar-refractivity contribution in [1.29, 1.82) is 0 Å². The summed E-state index contributed by atoms with van der Waals surface area (Å²) in [5, 5.41) is 3.05. The predicted molar refractivity (Wildman–Crippen MR) is 83.4 cm³/mol. The molecule has 0 unspecified atom stereocenters. The summed E-state index contributed by atoms with van der Waals surface area (Å²) in [7, 11) is 0. The molecule has 3 rings (SSSR count). The second-order valence-electron chi connectivity index (χ2n) is 5.74. The lowest BCUT2D eigenvalue weighted by atomic mass is 9.93. The number of carbonyl (C=O) groups is 1. The molecule has 22 heavy (non-hydrogen) atoms. The predicted octanol–water partition coefficient (Wildman–Crippen LogP) is 2.37. The highest BCUT2D eigenvalue weighted by molar-refractivity contribution is 5.75. The van der Waals surface area contributed by atoms with E-state index in [0.29, 0.717) is 5.92 Å². The average Bonchev–Trinajstić information content (AvgIpc) is 2.91. The number of likely N-dealkylation sites (tertiary alicyclic amines) is 1. The van der Waals surface area contributed by atoms with Gasteiger partial charge >= 0.3 is 6.03 Å². The number of H-pyrrole nitrogens is 1. The number of pyridine rings is 1. The maximum absolute atomic E-state index is 12.3. The topological polar surface area (TPSA) is 73.9 Å². The van der Waals surface area contributed by atoms with Crippen LogP contribution >= 0.6 is 0 Å². The van der Waals surface area contributed by atoms with E-state index in [0.717, 1.165) is 31.0 Å². The number of imidazole rings is 1. The second-order valence-corrected chi connectivity index (χ2v) is 5.74. The van der Waals surface area contributed by atoms with Crippen LogP contribution in [0.5, 0.6) is 0 Å². The van der Waals surface area contributed by atoms with Crippen molar-refractivity contribution in [2.75, 3.05) is 13.1 Å². The number of rotatable bonds is 4. The summed E-state index contributed by atoms with van der Waals surface area (Å²) in [5.41, 5.74) is 2.25. The summed E-state index contributed by atoms with van der Waals surface area (Å²) >= 11 is 0. The Balaban J connectivity index is 1.55. The molecule has 1 aliphatic rings. The van der Waals surface area contributed by atoms with Gasteiger partial charge in [-0.25, -0.2) is 9.78 Å². The fourth-order valence-corrected chi connectivity index (χ4v) is 2.70. The molecule has 0 aromatic carbocycles. The standard InChI is InChI=1S/C16H21N5O/c1-3-14(15-18-8-11(2)19-15)20-16(22)21-9-13(10-21)12-4-6-17-7-5-12/h4-8,13-14H,3,9-10H2,1-2H3,(H,18,19)(H,20,22)/t14-/m1/s1. The van der Waals surface area contributed by atoms with Gasteiger partial charge < -0.3 is 15.2 Å². The highest BCUT2D eigenvalue weighted by Gasteiger charge is 2.32. The van der Waals surface area contributed by atoms with Crippen molar-refractivity contribution in [2.24, 2.45) is 0 Å². The number of hydrogen-bond donors (Lipinski definition) is 2. The minimum Gasteiger partial charge on any atom is -0.344 e. The highest BCUT2D eigenvalue weighted by Crippen LogP contribution is 2.27. The number of hydrogen-bond acceptors (Lipinski definition) is 3. The van der Waals surface area contributed by atoms with Gasteiger partial charge in [-0.2, -0.15) is 0 Å². The molecular weight excluding hydrogens is 278 g/mol. The van der Waals surface area contributed by atoms with E-state index in [4.69, 9.17) is 0 Å². The molecule has 0 bridgehead atoms. The van der Waals surface area contributed by atoms with Crippen LogP contribution in [0.25, 0.3) is 0 Å². The van der Waals surface area contributed by atoms with Crippen molar-refractivity contribution >= 4 is 6.03 Å². The first-order valence-electron chi connectivity index (χ1n) is 7.64. The van der Waals surface area contributed by atoms with E-state index >= 15 is 0 Å². The minimum absolute atomic E-state index is 0.0220. The van der Waals surface area contributed by atoms with Crippen molar-refractivity contribution in [2.45, 2.75) is 32.2 Å². The molecule has 2 amide bonds. The fourth-order valence-electron chi connectivity index (χ4n) is 2.70. The van der Waals surface area contributed by atoms with Gasteiger partial charge in [0.15, 0.2) is 0 Å². The maximum Gasteiger partial charge on any atom is 0.318 e. The molecule has 2 aromatic rings. The van der Waals surface area contributed by atoms with E-state index in [1.807, 2.05) is 30.9 Å². The molecule has 6 nitrogen and oxygen atoms in total. The van der Waals surface area contributed by atoms with Gasteiger partial charge in [0.25, 0.3) is 0 Å². The van der Waals surface area contributed by atoms with Gasteiger partial charge in [-0.3, -0.25) is 4.98 Å². The first-order chi connectivity index (χ1) is 10.7. The number of aromatic amines is 1. The van der Waals surface area contributed by atoms with Crippen LogP contribution in [0.15, 0.2) is 30.7 Å². The molecule has 2 aromatic heterocycles. The molecule has 0 spiro atoms. The zero-order valence-electron chi connectivity index (χ0n) is 12.9. The Morgan fingerprint density at radius 1 is 1.45 bits per heavy atom. The largest absolute Gasteiger partial charge is 0.344 e. The average molecular weight is 299 g/mol. The Hall–Kier alpha value is -2.37. The molecule has 0 radical (unpaired) electrons. The Kier molecular flexibility index (Phi) is 4.09. The third-order valence-corrected chi connectivity index (χ3v) is 4.10. The summed E-state index contributed by atoms with van der Waals surface area (Å²) in [4.78, 5) is 25.7. The van der Waals surface area contributed by atoms with E-state index in [1.54, 1.807) is 18.6 Å². The first-order valence-corrected chi connectivity index (χ1v) is 7.64. The lowest BCUT2D eigenvalue weighted by molar-refractivity contribution is 0.147. The third kappa shape index (κ3) is 2.95. The molecule has 1 aliphatic heterocycles. The van der Waals surface area contributed by atoms with Crippen LogP contribution in [0.2, 0.25) is 0 Å². The lowest BCUT2D eigenvalue weighted by Crippen LogP contribution is -2.53. The number of aryl methyl sites for hydroxylation is 1. The van der Waals surface area contributed by atoms with Gasteiger partial charge in [-0.1, -0.05) is 6.92 Å². The van der Waals surface area contributed by atoms with Crippen LogP contribution in [0.3, 0.4) is 0 Å². The van der Waals surface area contributed by atoms with E-state index < -0.39 is 0 Å². The summed E-state index contributed by atoms with van der Waals surface area (Å²) in [6, 6.07) is 3.94. The molecule has 1 fully saturated rings. The van der Waals surface area contributed by atoms with Crippen molar-refractivity contribution in [3.63, 3.8) is 0 Å². The first kappa shape index (κ1) is 14.6. The molecular formula is C16H21N5O. The lowest BCUT2D eigenvalue weighted by Gasteiger charge is -2.40. The molecule has 1 atom stereocenters. The molecule has 6 heteroatoms. The van der Waals surface area contributed by atoms with Crippen LogP contribution in [-0.4, -0.2) is 39.0 Å². The number of nitrogens with zero attached hydrogens (tertiary/aromatic N) is 3. The molecule has 0 saturated carbocycles. The number of urea groups is 1. The quantitative estimate of drug-likeness (QED) is 0.910. The highest BCUT2D eigenvalue weighted by atomic mass is 16.2. The summed E-state index contributed by atoms with van der Waals surface area (Å²) in [6.45, 7) is 5.51. The fraction of sp³-hybridized carbons (Fsp3) is 0.438. The summed E-state index contributed by atoms with van der Waals surface area (Å²) in [5.74, 6) is 1.24. The Bertz CT molecular complexity index is 633. The SMILES string of the molecule is CC[C@@H](NC(=O)N1CC(c2ccncc2)C1)c1ncc(C)[nH]1. The Morgan fingerprint density at radius 3 is 2.77 bits per heavy atom. The molecule has 1 saturated heterocycles. The zero-order chi connectivity index (χ0) is 15.5. The number of carbonyl (C=O) groups excluding carboxylic acids is 1. The number of aromatic nitrogens is 3. The van der Waals surface area contributed by atoms with Crippen molar-refractivity contribution in [3.8, 4) is 0 Å². The van der Waals surface area contributed by atoms with Crippen LogP contribution < -0.4 is 5.32 Å². The van der Waals surface area contributed by atoms with Crippen LogP contribution in [-0.2, 0) is 0 Å². The summed E-state index contributed by atoms with van der Waals surface area (Å²) < 4.78 is 0. The Morgan fingerprint density at radius 2 is 2.18 bits per heavy atom. The molecule has 3 heterocycles. The van der Waals surface area contributed by atoms with E-state index in [-0.39, 0.29) is 12.1 Å². The van der Waals surface area contributed by atoms with Gasteiger partial charge in [0.1, 0.15) is 5.82 Å². The second kappa shape index (κ2) is 6.17. The summed E-state index contributed by atoms with van der Waals surface area (Å²) in [6.07, 6.45) is 6.18. The van der Waals surface area contributed by atoms with E-state index in [9.17, 15) is 4.79 Å². The van der Waals surface area contributed by atoms with Gasteiger partial charge in [0, 0.05) is 43.3 Å². The number of amides is 2. The van der Waals surface area contributed by atoms with Crippen molar-refractivity contribution in [3.05, 3.63) is 47.8 Å². The van der Waals surface area contributed by atoms with Gasteiger partial charge in [0.05, 0.1) is 6.04 Å². The van der Waals surface area contributed by atoms with Crippen LogP contribution in [0.4, 0.5) is 4.79 Å². The normalized spacial score (nSPS) is 16.2. The van der Waals surface area contributed by atoms with E-state index in [1.165, 1.54) is 5.56 Å². The molecule has 2 N–H and O–H groups in total. The van der Waals surface area contributed by atoms with E-state index in [2.05, 4.69) is 20.3 Å². The third-order valence-electron chi connectivity index (χ3n) is 4.10. The van der Waals surface area contributed by atoms with Crippen LogP contribution in [0.1, 0.15) is 42.4 Å². The number of nitrogens with one attached hydrogen (secondary N) is 2. The van der Waals surface area contributed by atoms with Gasteiger partial charge in [0.2, 0.25) is 0 Å². The monoisotopic (exact) mass is 299 g/mol. The van der Waals surface area contributed by atoms with Crippen molar-refractivity contribution < 1.29 is 4.79 Å². The Labute approximate surface area is 130 Å².